The van der Waals surface area contributed by atoms with E-state index in [9.17, 15) is 9.59 Å². The van der Waals surface area contributed by atoms with E-state index in [2.05, 4.69) is 20.7 Å². The van der Waals surface area contributed by atoms with Crippen molar-refractivity contribution in [2.24, 2.45) is 0 Å². The van der Waals surface area contributed by atoms with E-state index in [1.165, 1.54) is 0 Å². The molecule has 0 atom stereocenters. The molecule has 1 saturated carbocycles. The molecule has 4 rings (SSSR count). The smallest absolute Gasteiger partial charge is 0.278 e. The normalized spacial score (nSPS) is 17.4. The van der Waals surface area contributed by atoms with Crippen molar-refractivity contribution in [3.05, 3.63) is 34.6 Å². The minimum atomic E-state index is -0.313. The molecule has 8 heteroatoms. The second-order valence-corrected chi connectivity index (χ2v) is 6.51. The predicted octanol–water partition coefficient (Wildman–Crippen LogP) is 2.71. The summed E-state index contributed by atoms with van der Waals surface area (Å²) in [4.78, 5) is 25.9. The highest BCUT2D eigenvalue weighted by atomic mass is 35.5. The lowest BCUT2D eigenvalue weighted by Gasteiger charge is -2.18. The number of nitrogens with one attached hydrogen (secondary N) is 2. The van der Waals surface area contributed by atoms with Gasteiger partial charge in [0, 0.05) is 24.6 Å². The first-order chi connectivity index (χ1) is 11.6. The Balaban J connectivity index is 1.52. The zero-order valence-electron chi connectivity index (χ0n) is 12.9. The third kappa shape index (κ3) is 2.75. The van der Waals surface area contributed by atoms with Crippen LogP contribution in [-0.4, -0.2) is 33.8 Å². The Morgan fingerprint density at radius 1 is 1.33 bits per heavy atom. The Morgan fingerprint density at radius 3 is 2.83 bits per heavy atom. The molecule has 2 aromatic rings. The fourth-order valence-corrected chi connectivity index (χ4v) is 3.23. The summed E-state index contributed by atoms with van der Waals surface area (Å²) in [5.41, 5.74) is 2.28. The van der Waals surface area contributed by atoms with Crippen LogP contribution in [0.4, 0.5) is 11.4 Å². The standard InChI is InChI=1S/C16H16ClN5O2/c17-11-8-10(5-6-12(11)22-7-1-2-13(22)23)18-16(24)15-14(9-3-4-9)19-21-20-15/h5-6,8-9H,1-4,7H2,(H,18,24)(H,19,20,21). The Kier molecular flexibility index (Phi) is 3.72. The molecule has 24 heavy (non-hydrogen) atoms. The molecule has 1 aromatic heterocycles. The number of hydrogen-bond donors (Lipinski definition) is 2. The van der Waals surface area contributed by atoms with E-state index in [4.69, 9.17) is 11.6 Å². The number of benzene rings is 1. The molecule has 2 heterocycles. The molecule has 1 aliphatic heterocycles. The highest BCUT2D eigenvalue weighted by Gasteiger charge is 2.32. The summed E-state index contributed by atoms with van der Waals surface area (Å²) in [5, 5.41) is 13.8. The first-order valence-corrected chi connectivity index (χ1v) is 8.33. The van der Waals surface area contributed by atoms with Gasteiger partial charge in [-0.1, -0.05) is 11.6 Å². The van der Waals surface area contributed by atoms with Crippen molar-refractivity contribution < 1.29 is 9.59 Å². The second-order valence-electron chi connectivity index (χ2n) is 6.10. The van der Waals surface area contributed by atoms with Crippen molar-refractivity contribution in [2.75, 3.05) is 16.8 Å². The van der Waals surface area contributed by atoms with Gasteiger partial charge in [-0.25, -0.2) is 0 Å². The third-order valence-corrected chi connectivity index (χ3v) is 4.63. The molecule has 2 N–H and O–H groups in total. The SMILES string of the molecule is O=C(Nc1ccc(N2CCCC2=O)c(Cl)c1)c1n[nH]nc1C1CC1. The van der Waals surface area contributed by atoms with Crippen LogP contribution in [0.1, 0.15) is 47.8 Å². The van der Waals surface area contributed by atoms with Gasteiger partial charge >= 0.3 is 0 Å². The van der Waals surface area contributed by atoms with E-state index in [1.807, 2.05) is 0 Å². The molecule has 0 bridgehead atoms. The predicted molar refractivity (Wildman–Crippen MR) is 89.3 cm³/mol. The highest BCUT2D eigenvalue weighted by Crippen LogP contribution is 2.40. The lowest BCUT2D eigenvalue weighted by atomic mass is 10.2. The van der Waals surface area contributed by atoms with Gasteiger partial charge in [0.2, 0.25) is 5.91 Å². The molecule has 2 amide bonds. The van der Waals surface area contributed by atoms with E-state index < -0.39 is 0 Å². The molecule has 0 unspecified atom stereocenters. The Bertz CT molecular complexity index is 815. The molecule has 2 fully saturated rings. The molecule has 7 nitrogen and oxygen atoms in total. The summed E-state index contributed by atoms with van der Waals surface area (Å²) in [6, 6.07) is 5.14. The summed E-state index contributed by atoms with van der Waals surface area (Å²) in [6.07, 6.45) is 3.46. The Morgan fingerprint density at radius 2 is 2.17 bits per heavy atom. The summed E-state index contributed by atoms with van der Waals surface area (Å²) in [7, 11) is 0. The summed E-state index contributed by atoms with van der Waals surface area (Å²) < 4.78 is 0. The topological polar surface area (TPSA) is 91.0 Å². The van der Waals surface area contributed by atoms with Gasteiger partial charge in [0.15, 0.2) is 5.69 Å². The fraction of sp³-hybridized carbons (Fsp3) is 0.375. The minimum Gasteiger partial charge on any atom is -0.320 e. The maximum Gasteiger partial charge on any atom is 0.278 e. The number of anilines is 2. The van der Waals surface area contributed by atoms with Crippen LogP contribution in [0.5, 0.6) is 0 Å². The Labute approximate surface area is 143 Å². The average molecular weight is 346 g/mol. The second kappa shape index (κ2) is 5.90. The summed E-state index contributed by atoms with van der Waals surface area (Å²) >= 11 is 6.30. The number of aromatic amines is 1. The van der Waals surface area contributed by atoms with Gasteiger partial charge in [-0.3, -0.25) is 9.59 Å². The van der Waals surface area contributed by atoms with Crippen LogP contribution in [-0.2, 0) is 4.79 Å². The number of H-pyrrole nitrogens is 1. The molecule has 0 radical (unpaired) electrons. The first kappa shape index (κ1) is 15.1. The highest BCUT2D eigenvalue weighted by molar-refractivity contribution is 6.34. The summed E-state index contributed by atoms with van der Waals surface area (Å²) in [6.45, 7) is 0.675. The van der Waals surface area contributed by atoms with Crippen LogP contribution in [0.15, 0.2) is 18.2 Å². The largest absolute Gasteiger partial charge is 0.320 e. The number of halogens is 1. The number of amides is 2. The van der Waals surface area contributed by atoms with Gasteiger partial charge < -0.3 is 10.2 Å². The van der Waals surface area contributed by atoms with Crippen LogP contribution in [0, 0.1) is 0 Å². The van der Waals surface area contributed by atoms with Crippen molar-refractivity contribution in [3.8, 4) is 0 Å². The molecule has 1 saturated heterocycles. The number of nitrogens with zero attached hydrogens (tertiary/aromatic N) is 3. The van der Waals surface area contributed by atoms with Crippen molar-refractivity contribution in [3.63, 3.8) is 0 Å². The molecule has 1 aliphatic carbocycles. The van der Waals surface area contributed by atoms with Crippen LogP contribution in [0.3, 0.4) is 0 Å². The third-order valence-electron chi connectivity index (χ3n) is 4.32. The lowest BCUT2D eigenvalue weighted by molar-refractivity contribution is -0.117. The molecule has 0 spiro atoms. The van der Waals surface area contributed by atoms with E-state index in [0.29, 0.717) is 41.0 Å². The molecule has 124 valence electrons. The van der Waals surface area contributed by atoms with Crippen molar-refractivity contribution in [2.45, 2.75) is 31.6 Å². The van der Waals surface area contributed by atoms with Crippen molar-refractivity contribution in [1.82, 2.24) is 15.4 Å². The number of rotatable bonds is 4. The number of carbonyl (C=O) groups is 2. The van der Waals surface area contributed by atoms with Gasteiger partial charge in [0.05, 0.1) is 16.4 Å². The molecule has 2 aliphatic rings. The van der Waals surface area contributed by atoms with Crippen LogP contribution < -0.4 is 10.2 Å². The van der Waals surface area contributed by atoms with Crippen molar-refractivity contribution >= 4 is 34.8 Å². The molecular formula is C16H16ClN5O2. The number of carbonyl (C=O) groups excluding carboxylic acids is 2. The number of hydrogen-bond acceptors (Lipinski definition) is 4. The quantitative estimate of drug-likeness (QED) is 0.891. The fourth-order valence-electron chi connectivity index (χ4n) is 2.94. The van der Waals surface area contributed by atoms with Gasteiger partial charge in [0.1, 0.15) is 0 Å². The molecular weight excluding hydrogens is 330 g/mol. The van der Waals surface area contributed by atoms with Gasteiger partial charge in [-0.2, -0.15) is 15.4 Å². The van der Waals surface area contributed by atoms with E-state index in [0.717, 1.165) is 25.0 Å². The molecule has 1 aromatic carbocycles. The van der Waals surface area contributed by atoms with E-state index in [-0.39, 0.29) is 11.8 Å². The Hall–Kier alpha value is -2.41. The lowest BCUT2D eigenvalue weighted by Crippen LogP contribution is -2.24. The minimum absolute atomic E-state index is 0.0744. The maximum absolute atomic E-state index is 12.4. The summed E-state index contributed by atoms with van der Waals surface area (Å²) in [5.74, 6) is 0.0914. The van der Waals surface area contributed by atoms with E-state index in [1.54, 1.807) is 23.1 Å². The maximum atomic E-state index is 12.4. The van der Waals surface area contributed by atoms with Gasteiger partial charge in [0.25, 0.3) is 5.91 Å². The van der Waals surface area contributed by atoms with Gasteiger partial charge in [-0.05, 0) is 37.5 Å². The first-order valence-electron chi connectivity index (χ1n) is 7.95. The van der Waals surface area contributed by atoms with Gasteiger partial charge in [-0.15, -0.1) is 0 Å². The zero-order chi connectivity index (χ0) is 16.7. The monoisotopic (exact) mass is 345 g/mol. The van der Waals surface area contributed by atoms with Crippen LogP contribution in [0.2, 0.25) is 5.02 Å². The zero-order valence-corrected chi connectivity index (χ0v) is 13.6. The number of aromatic nitrogens is 3. The van der Waals surface area contributed by atoms with Crippen LogP contribution >= 0.6 is 11.6 Å². The average Bonchev–Trinajstić information content (AvgIpc) is 3.12. The van der Waals surface area contributed by atoms with Crippen LogP contribution in [0.25, 0.3) is 0 Å². The van der Waals surface area contributed by atoms with E-state index >= 15 is 0 Å². The van der Waals surface area contributed by atoms with Crippen molar-refractivity contribution in [1.29, 1.82) is 0 Å².